The lowest BCUT2D eigenvalue weighted by Crippen LogP contribution is -2.02. The van der Waals surface area contributed by atoms with Gasteiger partial charge in [-0.05, 0) is 56.0 Å². The maximum absolute atomic E-state index is 6.08. The molecule has 134 valence electrons. The average Bonchev–Trinajstić information content (AvgIpc) is 2.92. The molecule has 1 aromatic heterocycles. The minimum atomic E-state index is 0.699. The molecular formula is C22H28O3. The summed E-state index contributed by atoms with van der Waals surface area (Å²) in [6.45, 7) is 9.98. The zero-order valence-electron chi connectivity index (χ0n) is 15.8. The van der Waals surface area contributed by atoms with Crippen molar-refractivity contribution in [3.8, 4) is 11.5 Å². The first-order valence-corrected chi connectivity index (χ1v) is 9.37. The summed E-state index contributed by atoms with van der Waals surface area (Å²) in [5.41, 5.74) is 4.29. The SMILES string of the molecule is CCCCOc1cc2oc3cc(C)c(C)cc3c2cc1OCCCC. The highest BCUT2D eigenvalue weighted by molar-refractivity contribution is 6.06. The molecule has 0 unspecified atom stereocenters. The number of hydrogen-bond acceptors (Lipinski definition) is 3. The molecule has 0 saturated carbocycles. The van der Waals surface area contributed by atoms with Crippen molar-refractivity contribution in [1.82, 2.24) is 0 Å². The summed E-state index contributed by atoms with van der Waals surface area (Å²) >= 11 is 0. The van der Waals surface area contributed by atoms with Gasteiger partial charge in [-0.25, -0.2) is 0 Å². The van der Waals surface area contributed by atoms with Gasteiger partial charge < -0.3 is 13.9 Å². The zero-order chi connectivity index (χ0) is 17.8. The second-order valence-corrected chi connectivity index (χ2v) is 6.73. The third-order valence-corrected chi connectivity index (χ3v) is 4.66. The van der Waals surface area contributed by atoms with Crippen LogP contribution in [0.4, 0.5) is 0 Å². The fourth-order valence-corrected chi connectivity index (χ4v) is 2.92. The normalized spacial score (nSPS) is 11.4. The first-order chi connectivity index (χ1) is 12.1. The van der Waals surface area contributed by atoms with E-state index in [0.29, 0.717) is 13.2 Å². The Hall–Kier alpha value is -2.16. The summed E-state index contributed by atoms with van der Waals surface area (Å²) in [5, 5.41) is 2.23. The molecule has 0 aliphatic rings. The lowest BCUT2D eigenvalue weighted by molar-refractivity contribution is 0.262. The molecule has 0 spiro atoms. The van der Waals surface area contributed by atoms with E-state index in [1.54, 1.807) is 0 Å². The van der Waals surface area contributed by atoms with Crippen LogP contribution in [0.25, 0.3) is 21.9 Å². The summed E-state index contributed by atoms with van der Waals surface area (Å²) < 4.78 is 18.1. The van der Waals surface area contributed by atoms with Crippen LogP contribution in [0.2, 0.25) is 0 Å². The van der Waals surface area contributed by atoms with Crippen molar-refractivity contribution in [3.05, 3.63) is 35.4 Å². The third-order valence-electron chi connectivity index (χ3n) is 4.66. The molecule has 0 saturated heterocycles. The van der Waals surface area contributed by atoms with Crippen LogP contribution in [0.15, 0.2) is 28.7 Å². The largest absolute Gasteiger partial charge is 0.490 e. The standard InChI is InChI=1S/C22H28O3/c1-5-7-9-23-21-13-18-17-11-15(3)16(4)12-19(17)25-20(18)14-22(21)24-10-8-6-2/h11-14H,5-10H2,1-4H3. The maximum Gasteiger partial charge on any atom is 0.164 e. The predicted octanol–water partition coefficient (Wildman–Crippen LogP) is 6.56. The molecule has 3 heteroatoms. The monoisotopic (exact) mass is 340 g/mol. The molecule has 3 nitrogen and oxygen atoms in total. The van der Waals surface area contributed by atoms with Crippen molar-refractivity contribution in [2.75, 3.05) is 13.2 Å². The fourth-order valence-electron chi connectivity index (χ4n) is 2.92. The highest BCUT2D eigenvalue weighted by Crippen LogP contribution is 2.38. The Labute approximate surface area is 149 Å². The maximum atomic E-state index is 6.08. The minimum Gasteiger partial charge on any atom is -0.490 e. The molecule has 0 atom stereocenters. The molecule has 0 N–H and O–H groups in total. The molecule has 0 bridgehead atoms. The lowest BCUT2D eigenvalue weighted by Gasteiger charge is -2.12. The molecule has 0 amide bonds. The van der Waals surface area contributed by atoms with Gasteiger partial charge >= 0.3 is 0 Å². The number of fused-ring (bicyclic) bond motifs is 3. The topological polar surface area (TPSA) is 31.6 Å². The molecule has 0 aliphatic heterocycles. The summed E-state index contributed by atoms with van der Waals surface area (Å²) in [6, 6.07) is 8.37. The van der Waals surface area contributed by atoms with Gasteiger partial charge in [0, 0.05) is 16.8 Å². The second kappa shape index (κ2) is 7.81. The Bertz CT molecular complexity index is 861. The van der Waals surface area contributed by atoms with Crippen LogP contribution in [0.1, 0.15) is 50.7 Å². The number of furan rings is 1. The van der Waals surface area contributed by atoms with E-state index in [0.717, 1.165) is 59.1 Å². The van der Waals surface area contributed by atoms with E-state index in [1.807, 2.05) is 6.07 Å². The smallest absolute Gasteiger partial charge is 0.164 e. The zero-order valence-corrected chi connectivity index (χ0v) is 15.8. The van der Waals surface area contributed by atoms with Crippen molar-refractivity contribution in [2.24, 2.45) is 0 Å². The minimum absolute atomic E-state index is 0.699. The van der Waals surface area contributed by atoms with E-state index in [1.165, 1.54) is 11.1 Å². The Morgan fingerprint density at radius 2 is 1.24 bits per heavy atom. The third kappa shape index (κ3) is 3.76. The molecule has 0 aliphatic carbocycles. The number of hydrogen-bond donors (Lipinski definition) is 0. The Morgan fingerprint density at radius 1 is 0.720 bits per heavy atom. The number of aryl methyl sites for hydroxylation is 2. The van der Waals surface area contributed by atoms with Crippen molar-refractivity contribution >= 4 is 21.9 Å². The Kier molecular flexibility index (Phi) is 5.52. The number of rotatable bonds is 8. The number of unbranched alkanes of at least 4 members (excludes halogenated alkanes) is 2. The van der Waals surface area contributed by atoms with E-state index in [9.17, 15) is 0 Å². The molecule has 3 aromatic rings. The first-order valence-electron chi connectivity index (χ1n) is 9.37. The van der Waals surface area contributed by atoms with Crippen molar-refractivity contribution in [3.63, 3.8) is 0 Å². The summed E-state index contributed by atoms with van der Waals surface area (Å²) in [5.74, 6) is 1.60. The first kappa shape index (κ1) is 17.7. The van der Waals surface area contributed by atoms with Crippen LogP contribution >= 0.6 is 0 Å². The van der Waals surface area contributed by atoms with Crippen LogP contribution < -0.4 is 9.47 Å². The van der Waals surface area contributed by atoms with Gasteiger partial charge in [-0.3, -0.25) is 0 Å². The Balaban J connectivity index is 2.05. The van der Waals surface area contributed by atoms with Crippen molar-refractivity contribution in [2.45, 2.75) is 53.4 Å². The highest BCUT2D eigenvalue weighted by Gasteiger charge is 2.14. The molecule has 1 heterocycles. The van der Waals surface area contributed by atoms with Crippen molar-refractivity contribution in [1.29, 1.82) is 0 Å². The van der Waals surface area contributed by atoms with Gasteiger partial charge in [-0.1, -0.05) is 26.7 Å². The van der Waals surface area contributed by atoms with Gasteiger partial charge in [-0.2, -0.15) is 0 Å². The summed E-state index contributed by atoms with van der Waals surface area (Å²) in [7, 11) is 0. The quantitative estimate of drug-likeness (QED) is 0.435. The average molecular weight is 340 g/mol. The second-order valence-electron chi connectivity index (χ2n) is 6.73. The number of benzene rings is 2. The van der Waals surface area contributed by atoms with Crippen LogP contribution in [0.3, 0.4) is 0 Å². The van der Waals surface area contributed by atoms with E-state index in [-0.39, 0.29) is 0 Å². The van der Waals surface area contributed by atoms with Gasteiger partial charge in [0.1, 0.15) is 11.2 Å². The van der Waals surface area contributed by atoms with Gasteiger partial charge in [0.05, 0.1) is 13.2 Å². The van der Waals surface area contributed by atoms with E-state index in [2.05, 4.69) is 45.9 Å². The molecule has 2 aromatic carbocycles. The molecule has 3 rings (SSSR count). The molecule has 25 heavy (non-hydrogen) atoms. The van der Waals surface area contributed by atoms with Crippen LogP contribution in [-0.2, 0) is 0 Å². The fraction of sp³-hybridized carbons (Fsp3) is 0.455. The molecular weight excluding hydrogens is 312 g/mol. The predicted molar refractivity (Wildman–Crippen MR) is 104 cm³/mol. The summed E-state index contributed by atoms with van der Waals surface area (Å²) in [4.78, 5) is 0. The van der Waals surface area contributed by atoms with Gasteiger partial charge in [0.25, 0.3) is 0 Å². The van der Waals surface area contributed by atoms with Crippen molar-refractivity contribution < 1.29 is 13.9 Å². The van der Waals surface area contributed by atoms with Gasteiger partial charge in [0.15, 0.2) is 11.5 Å². The molecule has 0 radical (unpaired) electrons. The van der Waals surface area contributed by atoms with Gasteiger partial charge in [0.2, 0.25) is 0 Å². The summed E-state index contributed by atoms with van der Waals surface area (Å²) in [6.07, 6.45) is 4.29. The lowest BCUT2D eigenvalue weighted by atomic mass is 10.1. The van der Waals surface area contributed by atoms with Crippen LogP contribution in [-0.4, -0.2) is 13.2 Å². The van der Waals surface area contributed by atoms with E-state index >= 15 is 0 Å². The van der Waals surface area contributed by atoms with Crippen LogP contribution in [0.5, 0.6) is 11.5 Å². The highest BCUT2D eigenvalue weighted by atomic mass is 16.5. The van der Waals surface area contributed by atoms with Crippen LogP contribution in [0, 0.1) is 13.8 Å². The van der Waals surface area contributed by atoms with E-state index in [4.69, 9.17) is 13.9 Å². The molecule has 0 fully saturated rings. The van der Waals surface area contributed by atoms with Gasteiger partial charge in [-0.15, -0.1) is 0 Å². The van der Waals surface area contributed by atoms with E-state index < -0.39 is 0 Å². The Morgan fingerprint density at radius 3 is 1.88 bits per heavy atom. The number of ether oxygens (including phenoxy) is 2.